The van der Waals surface area contributed by atoms with E-state index in [1.54, 1.807) is 6.07 Å². The third kappa shape index (κ3) is 2.59. The molecule has 1 amide bonds. The van der Waals surface area contributed by atoms with E-state index in [9.17, 15) is 4.79 Å². The number of hydrazine groups is 1. The number of hydrogen-bond acceptors (Lipinski definition) is 3. The van der Waals surface area contributed by atoms with Crippen molar-refractivity contribution in [3.63, 3.8) is 0 Å². The molecule has 0 aromatic heterocycles. The van der Waals surface area contributed by atoms with Gasteiger partial charge in [0, 0.05) is 5.69 Å². The van der Waals surface area contributed by atoms with E-state index in [4.69, 9.17) is 23.2 Å². The van der Waals surface area contributed by atoms with Crippen LogP contribution in [-0.4, -0.2) is 11.4 Å². The predicted octanol–water partition coefficient (Wildman–Crippen LogP) is -0.299. The third-order valence-corrected chi connectivity index (χ3v) is 1.68. The third-order valence-electron chi connectivity index (χ3n) is 1.37. The van der Waals surface area contributed by atoms with Crippen molar-refractivity contribution in [2.45, 2.75) is 0 Å². The lowest BCUT2D eigenvalue weighted by atomic mass is 10.2. The van der Waals surface area contributed by atoms with Crippen LogP contribution in [0.2, 0.25) is 5.02 Å². The Bertz CT molecular complexity index is 317. The Morgan fingerprint density at radius 1 is 1.46 bits per heavy atom. The van der Waals surface area contributed by atoms with Gasteiger partial charge in [-0.3, -0.25) is 10.2 Å². The van der Waals surface area contributed by atoms with Gasteiger partial charge in [-0.1, -0.05) is 11.6 Å². The highest BCUT2D eigenvalue weighted by atomic mass is 35.5. The van der Waals surface area contributed by atoms with Crippen molar-refractivity contribution in [3.8, 4) is 0 Å². The van der Waals surface area contributed by atoms with E-state index in [1.165, 1.54) is 12.1 Å². The number of hydrogen-bond donors (Lipinski definition) is 3. The number of anilines is 1. The van der Waals surface area contributed by atoms with E-state index < -0.39 is 5.91 Å². The summed E-state index contributed by atoms with van der Waals surface area (Å²) in [7, 11) is 0. The second-order valence-electron chi connectivity index (χ2n) is 2.21. The van der Waals surface area contributed by atoms with Crippen LogP contribution in [0.5, 0.6) is 0 Å². The summed E-state index contributed by atoms with van der Waals surface area (Å²) >= 11 is 5.71. The van der Waals surface area contributed by atoms with Gasteiger partial charge in [-0.15, -0.1) is 0 Å². The Labute approximate surface area is 79.9 Å². The maximum atomic E-state index is 11.0. The highest BCUT2D eigenvalue weighted by molar-refractivity contribution is 6.34. The summed E-state index contributed by atoms with van der Waals surface area (Å²) in [5.74, 6) is 4.49. The second kappa shape index (κ2) is 4.66. The standard InChI is InChI=1S/C7H8ClN3O.H2O/c8-6-3-4(9)1-2-5(6)7(12)11-10;/h1-3H,9-10H2,(H,11,12);1H2. The van der Waals surface area contributed by atoms with Crippen molar-refractivity contribution >= 4 is 23.2 Å². The molecule has 0 saturated heterocycles. The minimum absolute atomic E-state index is 0. The summed E-state index contributed by atoms with van der Waals surface area (Å²) in [6, 6.07) is 4.59. The van der Waals surface area contributed by atoms with Gasteiger partial charge < -0.3 is 11.2 Å². The molecule has 0 radical (unpaired) electrons. The fraction of sp³-hybridized carbons (Fsp3) is 0. The number of rotatable bonds is 1. The van der Waals surface area contributed by atoms with Crippen molar-refractivity contribution in [2.24, 2.45) is 5.84 Å². The molecule has 13 heavy (non-hydrogen) atoms. The Balaban J connectivity index is 0.00000144. The number of amides is 1. The summed E-state index contributed by atoms with van der Waals surface area (Å²) in [6.45, 7) is 0. The fourth-order valence-electron chi connectivity index (χ4n) is 0.793. The lowest BCUT2D eigenvalue weighted by Gasteiger charge is -2.02. The number of nitrogens with one attached hydrogen (secondary N) is 1. The zero-order valence-electron chi connectivity index (χ0n) is 6.67. The lowest BCUT2D eigenvalue weighted by Crippen LogP contribution is -2.30. The number of carbonyl (C=O) groups excluding carboxylic acids is 1. The van der Waals surface area contributed by atoms with Crippen LogP contribution >= 0.6 is 11.6 Å². The van der Waals surface area contributed by atoms with Crippen LogP contribution in [0.4, 0.5) is 5.69 Å². The van der Waals surface area contributed by atoms with Gasteiger partial charge in [0.05, 0.1) is 10.6 Å². The van der Waals surface area contributed by atoms with Gasteiger partial charge in [-0.05, 0) is 18.2 Å². The summed E-state index contributed by atoms with van der Waals surface area (Å²) in [4.78, 5) is 11.0. The molecule has 0 aliphatic rings. The summed E-state index contributed by atoms with van der Waals surface area (Å²) in [5.41, 5.74) is 8.22. The molecule has 0 saturated carbocycles. The number of benzene rings is 1. The van der Waals surface area contributed by atoms with Crippen LogP contribution in [0.1, 0.15) is 10.4 Å². The molecule has 0 unspecified atom stereocenters. The second-order valence-corrected chi connectivity index (χ2v) is 2.62. The molecular formula is C7H10ClN3O2. The predicted molar refractivity (Wildman–Crippen MR) is 51.1 cm³/mol. The monoisotopic (exact) mass is 203 g/mol. The molecule has 0 aliphatic carbocycles. The molecule has 0 atom stereocenters. The maximum absolute atomic E-state index is 11.0. The first kappa shape index (κ1) is 11.7. The Morgan fingerprint density at radius 3 is 2.54 bits per heavy atom. The first-order chi connectivity index (χ1) is 5.65. The Kier molecular flexibility index (Phi) is 4.19. The van der Waals surface area contributed by atoms with Crippen LogP contribution < -0.4 is 17.0 Å². The molecule has 1 aromatic carbocycles. The number of halogens is 1. The molecule has 0 fully saturated rings. The molecule has 1 rings (SSSR count). The average Bonchev–Trinajstić information content (AvgIpc) is 2.03. The SMILES string of the molecule is NNC(=O)c1ccc(N)cc1Cl.O. The number of carbonyl (C=O) groups is 1. The largest absolute Gasteiger partial charge is 0.412 e. The summed E-state index contributed by atoms with van der Waals surface area (Å²) < 4.78 is 0. The van der Waals surface area contributed by atoms with Gasteiger partial charge in [0.1, 0.15) is 0 Å². The molecule has 0 heterocycles. The zero-order valence-corrected chi connectivity index (χ0v) is 7.43. The molecule has 0 spiro atoms. The van der Waals surface area contributed by atoms with Crippen LogP contribution in [0, 0.1) is 0 Å². The van der Waals surface area contributed by atoms with E-state index in [-0.39, 0.29) is 10.5 Å². The molecular weight excluding hydrogens is 194 g/mol. The highest BCUT2D eigenvalue weighted by Gasteiger charge is 2.07. The highest BCUT2D eigenvalue weighted by Crippen LogP contribution is 2.18. The van der Waals surface area contributed by atoms with Crippen molar-refractivity contribution in [3.05, 3.63) is 28.8 Å². The molecule has 0 bridgehead atoms. The first-order valence-electron chi connectivity index (χ1n) is 3.21. The minimum atomic E-state index is -0.431. The van der Waals surface area contributed by atoms with Crippen LogP contribution in [0.15, 0.2) is 18.2 Å². The number of nitrogens with two attached hydrogens (primary N) is 2. The average molecular weight is 204 g/mol. The van der Waals surface area contributed by atoms with Crippen molar-refractivity contribution in [1.82, 2.24) is 5.43 Å². The molecule has 7 N–H and O–H groups in total. The van der Waals surface area contributed by atoms with Crippen molar-refractivity contribution in [1.29, 1.82) is 0 Å². The Hall–Kier alpha value is -1.30. The van der Waals surface area contributed by atoms with Gasteiger partial charge in [0.15, 0.2) is 0 Å². The van der Waals surface area contributed by atoms with Crippen molar-refractivity contribution in [2.75, 3.05) is 5.73 Å². The zero-order chi connectivity index (χ0) is 9.14. The van der Waals surface area contributed by atoms with E-state index in [1.807, 2.05) is 5.43 Å². The van der Waals surface area contributed by atoms with Gasteiger partial charge in [0.25, 0.3) is 5.91 Å². The van der Waals surface area contributed by atoms with E-state index in [0.29, 0.717) is 11.3 Å². The minimum Gasteiger partial charge on any atom is -0.412 e. The molecule has 1 aromatic rings. The number of nitrogen functional groups attached to an aromatic ring is 2. The van der Waals surface area contributed by atoms with Crippen LogP contribution in [-0.2, 0) is 0 Å². The Morgan fingerprint density at radius 2 is 2.08 bits per heavy atom. The normalized spacial score (nSPS) is 8.77. The van der Waals surface area contributed by atoms with Gasteiger partial charge in [0.2, 0.25) is 0 Å². The van der Waals surface area contributed by atoms with Gasteiger partial charge in [-0.2, -0.15) is 0 Å². The fourth-order valence-corrected chi connectivity index (χ4v) is 1.07. The smallest absolute Gasteiger partial charge is 0.266 e. The molecule has 5 nitrogen and oxygen atoms in total. The molecule has 72 valence electrons. The lowest BCUT2D eigenvalue weighted by molar-refractivity contribution is 0.0954. The van der Waals surface area contributed by atoms with Gasteiger partial charge in [-0.25, -0.2) is 5.84 Å². The van der Waals surface area contributed by atoms with E-state index in [0.717, 1.165) is 0 Å². The van der Waals surface area contributed by atoms with Crippen LogP contribution in [0.25, 0.3) is 0 Å². The first-order valence-corrected chi connectivity index (χ1v) is 3.59. The van der Waals surface area contributed by atoms with E-state index >= 15 is 0 Å². The summed E-state index contributed by atoms with van der Waals surface area (Å²) in [5, 5.41) is 0.290. The quantitative estimate of drug-likeness (QED) is 0.252. The van der Waals surface area contributed by atoms with Crippen molar-refractivity contribution < 1.29 is 10.3 Å². The van der Waals surface area contributed by atoms with E-state index in [2.05, 4.69) is 0 Å². The molecule has 0 aliphatic heterocycles. The summed E-state index contributed by atoms with van der Waals surface area (Å²) in [6.07, 6.45) is 0. The topological polar surface area (TPSA) is 113 Å². The maximum Gasteiger partial charge on any atom is 0.266 e. The molecule has 6 heteroatoms. The van der Waals surface area contributed by atoms with Gasteiger partial charge >= 0.3 is 0 Å². The van der Waals surface area contributed by atoms with Crippen LogP contribution in [0.3, 0.4) is 0 Å².